The number of ketones is 1. The zero-order valence-corrected chi connectivity index (χ0v) is 22.4. The highest BCUT2D eigenvalue weighted by molar-refractivity contribution is 6.05. The van der Waals surface area contributed by atoms with Gasteiger partial charge in [0.2, 0.25) is 5.78 Å². The lowest BCUT2D eigenvalue weighted by atomic mass is 9.92. The van der Waals surface area contributed by atoms with Crippen molar-refractivity contribution in [2.45, 2.75) is 80.5 Å². The quantitative estimate of drug-likeness (QED) is 0.156. The first-order chi connectivity index (χ1) is 20.3. The van der Waals surface area contributed by atoms with Crippen LogP contribution in [-0.2, 0) is 18.9 Å². The summed E-state index contributed by atoms with van der Waals surface area (Å²) in [5.74, 6) is -3.19. The Hall–Kier alpha value is -3.29. The van der Waals surface area contributed by atoms with E-state index in [2.05, 4.69) is 0 Å². The molecule has 0 aromatic heterocycles. The Bertz CT molecular complexity index is 1330. The predicted molar refractivity (Wildman–Crippen MR) is 137 cm³/mol. The van der Waals surface area contributed by atoms with Gasteiger partial charge in [0.25, 0.3) is 0 Å². The predicted octanol–water partition coefficient (Wildman–Crippen LogP) is -2.14. The third-order valence-electron chi connectivity index (χ3n) is 7.63. The van der Waals surface area contributed by atoms with Crippen LogP contribution in [0.5, 0.6) is 28.7 Å². The first kappa shape index (κ1) is 31.1. The standard InChI is InChI=1S/C27H32O16/c1-8-17(33)24(42-26-21(37)20(36)18(34)15(7-28)41-26)22(38)27(39-8)43-25-19(35)16-13(32)5-10(29)6-14(16)40-23(25)9-2-3-11(30)12(31)4-9/h2-6,8,15,17-18,20-34,36-38H,7H2,1H3/t8-,15+,17-,18+,20-,21+,22+,23?,24+,25?,26-,27-/m0/s1. The minimum absolute atomic E-state index is 0.106. The molecule has 236 valence electrons. The number of phenols is 4. The van der Waals surface area contributed by atoms with Gasteiger partial charge >= 0.3 is 0 Å². The minimum atomic E-state index is -1.89. The molecule has 0 spiro atoms. The number of phenolic OH excluding ortho intramolecular Hbond substituents is 4. The Labute approximate surface area is 243 Å². The number of fused-ring (bicyclic) bond motifs is 1. The van der Waals surface area contributed by atoms with Gasteiger partial charge < -0.3 is 74.7 Å². The highest BCUT2D eigenvalue weighted by atomic mass is 16.7. The SMILES string of the molecule is C[C@@H]1O[C@@H](OC2C(=O)c3c(O)cc(O)cc3OC2c2ccc(O)c(O)c2)[C@H](O)[C@H](O[C@@H]2O[C@H](CO)[C@@H](O)[C@H](O)[C@H]2O)[C@H]1O. The first-order valence-corrected chi connectivity index (χ1v) is 13.2. The van der Waals surface area contributed by atoms with E-state index in [0.29, 0.717) is 0 Å². The number of Topliss-reactive ketones (excluding diaryl/α,β-unsaturated/α-hetero) is 1. The van der Waals surface area contributed by atoms with Crippen molar-refractivity contribution < 1.29 is 79.5 Å². The molecule has 10 N–H and O–H groups in total. The zero-order valence-electron chi connectivity index (χ0n) is 22.4. The van der Waals surface area contributed by atoms with Gasteiger partial charge in [-0.2, -0.15) is 0 Å². The van der Waals surface area contributed by atoms with E-state index in [0.717, 1.165) is 24.3 Å². The van der Waals surface area contributed by atoms with Crippen LogP contribution in [0.2, 0.25) is 0 Å². The van der Waals surface area contributed by atoms with Gasteiger partial charge in [-0.1, -0.05) is 6.07 Å². The molecule has 3 aliphatic heterocycles. The Morgan fingerprint density at radius 3 is 2.14 bits per heavy atom. The third-order valence-corrected chi connectivity index (χ3v) is 7.63. The second-order valence-electron chi connectivity index (χ2n) is 10.5. The largest absolute Gasteiger partial charge is 0.508 e. The molecule has 3 heterocycles. The van der Waals surface area contributed by atoms with Gasteiger partial charge in [0.15, 0.2) is 36.3 Å². The molecule has 16 heteroatoms. The fourth-order valence-corrected chi connectivity index (χ4v) is 5.25. The minimum Gasteiger partial charge on any atom is -0.508 e. The van der Waals surface area contributed by atoms with E-state index in [4.69, 9.17) is 23.7 Å². The summed E-state index contributed by atoms with van der Waals surface area (Å²) >= 11 is 0. The van der Waals surface area contributed by atoms with Crippen LogP contribution in [0, 0.1) is 0 Å². The van der Waals surface area contributed by atoms with Crippen molar-refractivity contribution in [2.24, 2.45) is 0 Å². The summed E-state index contributed by atoms with van der Waals surface area (Å²) in [6, 6.07) is 5.50. The number of aromatic hydroxyl groups is 4. The molecule has 16 nitrogen and oxygen atoms in total. The Morgan fingerprint density at radius 2 is 1.47 bits per heavy atom. The van der Waals surface area contributed by atoms with Crippen LogP contribution in [0.1, 0.15) is 28.9 Å². The van der Waals surface area contributed by atoms with Crippen LogP contribution in [0.25, 0.3) is 0 Å². The van der Waals surface area contributed by atoms with E-state index in [-0.39, 0.29) is 16.9 Å². The number of ether oxygens (including phenoxy) is 5. The summed E-state index contributed by atoms with van der Waals surface area (Å²) in [4.78, 5) is 13.7. The maximum atomic E-state index is 13.7. The molecule has 0 saturated carbocycles. The Morgan fingerprint density at radius 1 is 0.767 bits per heavy atom. The summed E-state index contributed by atoms with van der Waals surface area (Å²) in [5, 5.41) is 102. The second-order valence-corrected chi connectivity index (χ2v) is 10.5. The maximum Gasteiger partial charge on any atom is 0.203 e. The lowest BCUT2D eigenvalue weighted by Crippen LogP contribution is -2.64. The number of hydrogen-bond donors (Lipinski definition) is 10. The van der Waals surface area contributed by atoms with Crippen molar-refractivity contribution in [3.8, 4) is 28.7 Å². The fourth-order valence-electron chi connectivity index (χ4n) is 5.25. The van der Waals surface area contributed by atoms with Crippen molar-refractivity contribution in [1.82, 2.24) is 0 Å². The van der Waals surface area contributed by atoms with Gasteiger partial charge in [0, 0.05) is 12.1 Å². The molecule has 2 aromatic carbocycles. The molecule has 5 rings (SSSR count). The van der Waals surface area contributed by atoms with Gasteiger partial charge in [-0.25, -0.2) is 0 Å². The first-order valence-electron chi connectivity index (χ1n) is 13.2. The lowest BCUT2D eigenvalue weighted by Gasteiger charge is -2.46. The molecule has 0 amide bonds. The van der Waals surface area contributed by atoms with Gasteiger partial charge in [0.05, 0.1) is 12.7 Å². The molecule has 2 aromatic rings. The number of carbonyl (C=O) groups excluding carboxylic acids is 1. The zero-order chi connectivity index (χ0) is 31.3. The number of aliphatic hydroxyl groups is 6. The second kappa shape index (κ2) is 12.0. The van der Waals surface area contributed by atoms with Crippen LogP contribution in [0.3, 0.4) is 0 Å². The summed E-state index contributed by atoms with van der Waals surface area (Å²) < 4.78 is 28.3. The molecule has 0 radical (unpaired) electrons. The summed E-state index contributed by atoms with van der Waals surface area (Å²) in [5.41, 5.74) is -0.260. The van der Waals surface area contributed by atoms with E-state index >= 15 is 0 Å². The highest BCUT2D eigenvalue weighted by Crippen LogP contribution is 2.44. The summed E-state index contributed by atoms with van der Waals surface area (Å²) in [6.45, 7) is 0.630. The number of rotatable bonds is 6. The van der Waals surface area contributed by atoms with Crippen LogP contribution in [0.4, 0.5) is 0 Å². The highest BCUT2D eigenvalue weighted by Gasteiger charge is 2.52. The molecule has 3 aliphatic rings. The molecule has 12 atom stereocenters. The molecule has 0 aliphatic carbocycles. The molecule has 2 fully saturated rings. The van der Waals surface area contributed by atoms with E-state index in [9.17, 15) is 55.9 Å². The van der Waals surface area contributed by atoms with E-state index < -0.39 is 109 Å². The molecule has 2 unspecified atom stereocenters. The molecule has 43 heavy (non-hydrogen) atoms. The van der Waals surface area contributed by atoms with Gasteiger partial charge in [0.1, 0.15) is 65.5 Å². The lowest BCUT2D eigenvalue weighted by molar-refractivity contribution is -0.360. The average molecular weight is 613 g/mol. The van der Waals surface area contributed by atoms with Gasteiger partial charge in [-0.15, -0.1) is 0 Å². The molecule has 2 saturated heterocycles. The number of carbonyl (C=O) groups is 1. The van der Waals surface area contributed by atoms with Crippen molar-refractivity contribution in [1.29, 1.82) is 0 Å². The van der Waals surface area contributed by atoms with Gasteiger partial charge in [-0.05, 0) is 24.6 Å². The fraction of sp³-hybridized carbons (Fsp3) is 0.519. The maximum absolute atomic E-state index is 13.7. The number of benzene rings is 2. The number of hydrogen-bond acceptors (Lipinski definition) is 16. The smallest absolute Gasteiger partial charge is 0.203 e. The summed E-state index contributed by atoms with van der Waals surface area (Å²) in [6.07, 6.45) is -19.5. The molecular formula is C27H32O16. The Balaban J connectivity index is 1.45. The molecular weight excluding hydrogens is 580 g/mol. The molecule has 0 bridgehead atoms. The van der Waals surface area contributed by atoms with Crippen molar-refractivity contribution in [2.75, 3.05) is 6.61 Å². The van der Waals surface area contributed by atoms with E-state index in [1.807, 2.05) is 0 Å². The number of aliphatic hydroxyl groups excluding tert-OH is 6. The van der Waals surface area contributed by atoms with Crippen LogP contribution >= 0.6 is 0 Å². The topological polar surface area (TPSA) is 266 Å². The Kier molecular flexibility index (Phi) is 8.70. The van der Waals surface area contributed by atoms with Crippen molar-refractivity contribution >= 4 is 5.78 Å². The van der Waals surface area contributed by atoms with Crippen molar-refractivity contribution in [3.63, 3.8) is 0 Å². The van der Waals surface area contributed by atoms with Crippen LogP contribution in [0.15, 0.2) is 30.3 Å². The van der Waals surface area contributed by atoms with Crippen LogP contribution in [-0.4, -0.2) is 131 Å². The van der Waals surface area contributed by atoms with E-state index in [1.54, 1.807) is 0 Å². The summed E-state index contributed by atoms with van der Waals surface area (Å²) in [7, 11) is 0. The monoisotopic (exact) mass is 612 g/mol. The van der Waals surface area contributed by atoms with Crippen molar-refractivity contribution in [3.05, 3.63) is 41.5 Å². The normalized spacial score (nSPS) is 37.9. The average Bonchev–Trinajstić information content (AvgIpc) is 2.96. The van der Waals surface area contributed by atoms with Crippen LogP contribution < -0.4 is 4.74 Å². The van der Waals surface area contributed by atoms with Gasteiger partial charge in [-0.3, -0.25) is 4.79 Å². The third kappa shape index (κ3) is 5.69. The van der Waals surface area contributed by atoms with E-state index in [1.165, 1.54) is 13.0 Å².